The van der Waals surface area contributed by atoms with Crippen LogP contribution in [0.2, 0.25) is 5.02 Å². The molecule has 0 bridgehead atoms. The van der Waals surface area contributed by atoms with Gasteiger partial charge in [-0.3, -0.25) is 9.69 Å². The summed E-state index contributed by atoms with van der Waals surface area (Å²) < 4.78 is 13.9. The van der Waals surface area contributed by atoms with Crippen LogP contribution in [0.4, 0.5) is 14.9 Å². The van der Waals surface area contributed by atoms with Crippen molar-refractivity contribution in [3.8, 4) is 0 Å². The van der Waals surface area contributed by atoms with E-state index in [0.29, 0.717) is 32.7 Å². The molecule has 1 heterocycles. The summed E-state index contributed by atoms with van der Waals surface area (Å²) in [5.74, 6) is -0.647. The minimum atomic E-state index is -0.641. The molecule has 0 unspecified atom stereocenters. The molecule has 1 aromatic carbocycles. The number of nitrogens with one attached hydrogen (secondary N) is 2. The third-order valence-electron chi connectivity index (χ3n) is 4.24. The van der Waals surface area contributed by atoms with Gasteiger partial charge in [0.25, 0.3) is 0 Å². The summed E-state index contributed by atoms with van der Waals surface area (Å²) >= 11 is 5.71. The van der Waals surface area contributed by atoms with E-state index in [1.54, 1.807) is 11.0 Å². The van der Waals surface area contributed by atoms with Crippen LogP contribution < -0.4 is 10.6 Å². The first-order valence-corrected chi connectivity index (χ1v) is 8.80. The van der Waals surface area contributed by atoms with Gasteiger partial charge in [-0.15, -0.1) is 0 Å². The number of benzene rings is 1. The molecular weight excluding hydrogens is 347 g/mol. The number of nitrogens with zero attached hydrogens (tertiary/aromatic N) is 2. The zero-order chi connectivity index (χ0) is 18.4. The number of halogens is 2. The van der Waals surface area contributed by atoms with E-state index >= 15 is 0 Å². The third-order valence-corrected chi connectivity index (χ3v) is 4.53. The molecule has 8 heteroatoms. The maximum atomic E-state index is 13.9. The summed E-state index contributed by atoms with van der Waals surface area (Å²) in [6, 6.07) is 4.26. The molecule has 25 heavy (non-hydrogen) atoms. The summed E-state index contributed by atoms with van der Waals surface area (Å²) in [4.78, 5) is 27.8. The van der Waals surface area contributed by atoms with Gasteiger partial charge in [0.1, 0.15) is 0 Å². The van der Waals surface area contributed by atoms with Crippen molar-refractivity contribution in [2.75, 3.05) is 38.0 Å². The Bertz CT molecular complexity index is 621. The standard InChI is InChI=1S/C17H24ClFN4O2/c1-3-12(2)20-15(24)11-22-7-9-23(10-8-22)17(25)21-14-6-4-5-13(18)16(14)19/h4-6,12H,3,7-11H2,1-2H3,(H,20,24)(H,21,25)/t12-/m0/s1. The number of hydrogen-bond acceptors (Lipinski definition) is 3. The number of hydrogen-bond donors (Lipinski definition) is 2. The lowest BCUT2D eigenvalue weighted by Gasteiger charge is -2.34. The summed E-state index contributed by atoms with van der Waals surface area (Å²) in [5.41, 5.74) is 0.0628. The van der Waals surface area contributed by atoms with Crippen LogP contribution in [0.15, 0.2) is 18.2 Å². The van der Waals surface area contributed by atoms with Gasteiger partial charge in [-0.25, -0.2) is 9.18 Å². The van der Waals surface area contributed by atoms with E-state index in [9.17, 15) is 14.0 Å². The van der Waals surface area contributed by atoms with Gasteiger partial charge in [-0.05, 0) is 25.5 Å². The number of piperazine rings is 1. The van der Waals surface area contributed by atoms with Crippen LogP contribution in [0, 0.1) is 5.82 Å². The summed E-state index contributed by atoms with van der Waals surface area (Å²) in [5, 5.41) is 5.43. The molecule has 1 aliphatic heterocycles. The molecule has 3 amide bonds. The highest BCUT2D eigenvalue weighted by molar-refractivity contribution is 6.31. The van der Waals surface area contributed by atoms with Crippen LogP contribution >= 0.6 is 11.6 Å². The molecule has 2 N–H and O–H groups in total. The van der Waals surface area contributed by atoms with E-state index in [0.717, 1.165) is 6.42 Å². The topological polar surface area (TPSA) is 64.7 Å². The van der Waals surface area contributed by atoms with E-state index in [4.69, 9.17) is 11.6 Å². The Balaban J connectivity index is 1.80. The number of carbonyl (C=O) groups is 2. The minimum Gasteiger partial charge on any atom is -0.353 e. The van der Waals surface area contributed by atoms with Crippen molar-refractivity contribution >= 4 is 29.2 Å². The summed E-state index contributed by atoms with van der Waals surface area (Å²) in [7, 11) is 0. The first-order valence-electron chi connectivity index (χ1n) is 8.42. The number of anilines is 1. The van der Waals surface area contributed by atoms with Crippen LogP contribution in [0.25, 0.3) is 0 Å². The monoisotopic (exact) mass is 370 g/mol. The number of rotatable bonds is 5. The predicted octanol–water partition coefficient (Wildman–Crippen LogP) is 2.54. The van der Waals surface area contributed by atoms with Crippen LogP contribution in [-0.2, 0) is 4.79 Å². The highest BCUT2D eigenvalue weighted by atomic mass is 35.5. The van der Waals surface area contributed by atoms with Gasteiger partial charge in [0.2, 0.25) is 5.91 Å². The van der Waals surface area contributed by atoms with Crippen molar-refractivity contribution in [3.63, 3.8) is 0 Å². The second kappa shape index (κ2) is 9.01. The van der Waals surface area contributed by atoms with Crippen LogP contribution in [0.1, 0.15) is 20.3 Å². The molecule has 6 nitrogen and oxygen atoms in total. The molecule has 2 rings (SSSR count). The van der Waals surface area contributed by atoms with Gasteiger partial charge in [-0.2, -0.15) is 0 Å². The fraction of sp³-hybridized carbons (Fsp3) is 0.529. The maximum absolute atomic E-state index is 13.9. The van der Waals surface area contributed by atoms with E-state index in [-0.39, 0.29) is 28.7 Å². The molecule has 0 aromatic heterocycles. The summed E-state index contributed by atoms with van der Waals surface area (Å²) in [6.45, 7) is 6.46. The first-order chi connectivity index (χ1) is 11.9. The smallest absolute Gasteiger partial charge is 0.322 e. The quantitative estimate of drug-likeness (QED) is 0.837. The Kier molecular flexibility index (Phi) is 7.01. The van der Waals surface area contributed by atoms with Gasteiger partial charge < -0.3 is 15.5 Å². The van der Waals surface area contributed by atoms with Crippen molar-refractivity contribution < 1.29 is 14.0 Å². The molecule has 1 aromatic rings. The van der Waals surface area contributed by atoms with Crippen LogP contribution in [0.3, 0.4) is 0 Å². The predicted molar refractivity (Wildman–Crippen MR) is 96.3 cm³/mol. The Hall–Kier alpha value is -1.86. The molecule has 1 aliphatic rings. The molecule has 138 valence electrons. The molecule has 0 aliphatic carbocycles. The van der Waals surface area contributed by atoms with E-state index in [1.165, 1.54) is 12.1 Å². The lowest BCUT2D eigenvalue weighted by Crippen LogP contribution is -2.52. The molecule has 1 fully saturated rings. The normalized spacial score (nSPS) is 16.4. The average molecular weight is 371 g/mol. The zero-order valence-electron chi connectivity index (χ0n) is 14.5. The second-order valence-electron chi connectivity index (χ2n) is 6.17. The van der Waals surface area contributed by atoms with Crippen molar-refractivity contribution in [1.82, 2.24) is 15.1 Å². The SMILES string of the molecule is CC[C@H](C)NC(=O)CN1CCN(C(=O)Nc2cccc(Cl)c2F)CC1. The molecule has 1 saturated heterocycles. The lowest BCUT2D eigenvalue weighted by atomic mass is 10.2. The molecule has 0 saturated carbocycles. The Labute approximate surface area is 152 Å². The first kappa shape index (κ1) is 19.5. The fourth-order valence-corrected chi connectivity index (χ4v) is 2.70. The minimum absolute atomic E-state index is 0.00625. The molecule has 0 radical (unpaired) electrons. The van der Waals surface area contributed by atoms with Crippen LogP contribution in [0.5, 0.6) is 0 Å². The highest BCUT2D eigenvalue weighted by Gasteiger charge is 2.23. The van der Waals surface area contributed by atoms with Gasteiger partial charge in [0, 0.05) is 32.2 Å². The third kappa shape index (κ3) is 5.57. The Morgan fingerprint density at radius 3 is 2.60 bits per heavy atom. The van der Waals surface area contributed by atoms with E-state index < -0.39 is 5.82 Å². The van der Waals surface area contributed by atoms with Crippen molar-refractivity contribution in [1.29, 1.82) is 0 Å². The fourth-order valence-electron chi connectivity index (χ4n) is 2.53. The van der Waals surface area contributed by atoms with Gasteiger partial charge in [-0.1, -0.05) is 24.6 Å². The number of amides is 3. The van der Waals surface area contributed by atoms with E-state index in [1.807, 2.05) is 18.7 Å². The molecular formula is C17H24ClFN4O2. The van der Waals surface area contributed by atoms with Crippen molar-refractivity contribution in [2.24, 2.45) is 0 Å². The Morgan fingerprint density at radius 1 is 1.28 bits per heavy atom. The molecule has 0 spiro atoms. The Morgan fingerprint density at radius 2 is 1.96 bits per heavy atom. The van der Waals surface area contributed by atoms with Gasteiger partial charge in [0.15, 0.2) is 5.82 Å². The zero-order valence-corrected chi connectivity index (χ0v) is 15.3. The number of urea groups is 1. The lowest BCUT2D eigenvalue weighted by molar-refractivity contribution is -0.123. The maximum Gasteiger partial charge on any atom is 0.322 e. The second-order valence-corrected chi connectivity index (χ2v) is 6.58. The van der Waals surface area contributed by atoms with Crippen molar-refractivity contribution in [3.05, 3.63) is 29.0 Å². The van der Waals surface area contributed by atoms with Gasteiger partial charge >= 0.3 is 6.03 Å². The van der Waals surface area contributed by atoms with Gasteiger partial charge in [0.05, 0.1) is 17.3 Å². The largest absolute Gasteiger partial charge is 0.353 e. The summed E-state index contributed by atoms with van der Waals surface area (Å²) in [6.07, 6.45) is 0.889. The molecule has 1 atom stereocenters. The van der Waals surface area contributed by atoms with Crippen molar-refractivity contribution in [2.45, 2.75) is 26.3 Å². The average Bonchev–Trinajstić information content (AvgIpc) is 2.59. The van der Waals surface area contributed by atoms with E-state index in [2.05, 4.69) is 10.6 Å². The highest BCUT2D eigenvalue weighted by Crippen LogP contribution is 2.22. The number of carbonyl (C=O) groups excluding carboxylic acids is 2. The van der Waals surface area contributed by atoms with Crippen LogP contribution in [-0.4, -0.2) is 60.5 Å².